The summed E-state index contributed by atoms with van der Waals surface area (Å²) in [5.74, 6) is -1.15. The molecule has 2 atom stereocenters. The van der Waals surface area contributed by atoms with Crippen LogP contribution in [0.5, 0.6) is 0 Å². The number of aliphatic hydroxyl groups is 1. The van der Waals surface area contributed by atoms with Crippen LogP contribution in [0, 0.1) is 0 Å². The number of hydrogen-bond donors (Lipinski definition) is 4. The van der Waals surface area contributed by atoms with E-state index in [1.54, 1.807) is 0 Å². The van der Waals surface area contributed by atoms with Gasteiger partial charge in [0, 0.05) is 6.42 Å². The second-order valence-electron chi connectivity index (χ2n) is 4.95. The van der Waals surface area contributed by atoms with Crippen molar-refractivity contribution in [3.05, 3.63) is 35.9 Å². The van der Waals surface area contributed by atoms with E-state index >= 15 is 0 Å². The maximum atomic E-state index is 11.7. The Balaban J connectivity index is 0.00000441. The summed E-state index contributed by atoms with van der Waals surface area (Å²) in [4.78, 5) is 23.0. The molecule has 2 amide bonds. The van der Waals surface area contributed by atoms with Crippen molar-refractivity contribution in [2.75, 3.05) is 0 Å². The second-order valence-corrected chi connectivity index (χ2v) is 4.95. The van der Waals surface area contributed by atoms with E-state index in [0.717, 1.165) is 12.8 Å². The van der Waals surface area contributed by atoms with Gasteiger partial charge in [0.1, 0.15) is 6.04 Å². The molecule has 0 saturated heterocycles. The van der Waals surface area contributed by atoms with Crippen LogP contribution in [-0.2, 0) is 16.0 Å². The first-order valence-electron chi connectivity index (χ1n) is 7.00. The molecular formula is C16H26N2O4. The monoisotopic (exact) mass is 310 g/mol. The van der Waals surface area contributed by atoms with Crippen LogP contribution in [0.25, 0.3) is 0 Å². The lowest BCUT2D eigenvalue weighted by Gasteiger charge is -2.19. The van der Waals surface area contributed by atoms with E-state index in [9.17, 15) is 14.7 Å². The fraction of sp³-hybridized carbons (Fsp3) is 0.500. The molecule has 1 aromatic rings. The Hall–Kier alpha value is -1.92. The Kier molecular flexibility index (Phi) is 9.82. The Morgan fingerprint density at radius 2 is 1.82 bits per heavy atom. The molecule has 0 unspecified atom stereocenters. The number of amides is 2. The summed E-state index contributed by atoms with van der Waals surface area (Å²) >= 11 is 0. The molecule has 0 bridgehead atoms. The predicted octanol–water partition coefficient (Wildman–Crippen LogP) is 1.41. The lowest BCUT2D eigenvalue weighted by molar-refractivity contribution is -0.137. The number of hydrogen-bond acceptors (Lipinski definition) is 4. The fourth-order valence-corrected chi connectivity index (χ4v) is 1.98. The molecule has 1 aromatic carbocycles. The number of benzene rings is 1. The highest BCUT2D eigenvalue weighted by Crippen LogP contribution is 2.06. The number of aryl methyl sites for hydroxylation is 1. The van der Waals surface area contributed by atoms with Gasteiger partial charge in [-0.25, -0.2) is 5.48 Å². The van der Waals surface area contributed by atoms with Crippen molar-refractivity contribution in [1.82, 2.24) is 10.8 Å². The Morgan fingerprint density at radius 1 is 1.18 bits per heavy atom. The van der Waals surface area contributed by atoms with Gasteiger partial charge < -0.3 is 10.4 Å². The lowest BCUT2D eigenvalue weighted by Crippen LogP contribution is -2.51. The van der Waals surface area contributed by atoms with Crippen LogP contribution in [0.2, 0.25) is 0 Å². The smallest absolute Gasteiger partial charge is 0.268 e. The van der Waals surface area contributed by atoms with Gasteiger partial charge in [-0.2, -0.15) is 0 Å². The highest BCUT2D eigenvalue weighted by Gasteiger charge is 2.24. The molecule has 0 aliphatic heterocycles. The first-order chi connectivity index (χ1) is 10.0. The molecule has 1 rings (SSSR count). The van der Waals surface area contributed by atoms with Gasteiger partial charge in [-0.3, -0.25) is 14.8 Å². The average Bonchev–Trinajstić information content (AvgIpc) is 2.49. The predicted molar refractivity (Wildman–Crippen MR) is 84.3 cm³/mol. The fourth-order valence-electron chi connectivity index (χ4n) is 1.98. The molecule has 0 spiro atoms. The van der Waals surface area contributed by atoms with Gasteiger partial charge in [0.15, 0.2) is 0 Å². The molecule has 6 heteroatoms. The third-order valence-electron chi connectivity index (χ3n) is 3.15. The lowest BCUT2D eigenvalue weighted by atomic mass is 10.1. The van der Waals surface area contributed by atoms with E-state index in [1.165, 1.54) is 18.0 Å². The number of rotatable bonds is 8. The highest BCUT2D eigenvalue weighted by atomic mass is 16.5. The zero-order valence-electron chi connectivity index (χ0n) is 12.1. The largest absolute Gasteiger partial charge is 0.391 e. The zero-order chi connectivity index (χ0) is 15.7. The normalized spacial score (nSPS) is 12.7. The molecule has 0 saturated carbocycles. The minimum absolute atomic E-state index is 0. The molecule has 0 aliphatic rings. The van der Waals surface area contributed by atoms with Crippen LogP contribution in [0.3, 0.4) is 0 Å². The molecule has 0 radical (unpaired) electrons. The summed E-state index contributed by atoms with van der Waals surface area (Å²) in [6, 6.07) is 8.84. The van der Waals surface area contributed by atoms with Crippen molar-refractivity contribution >= 4 is 11.8 Å². The minimum Gasteiger partial charge on any atom is -0.391 e. The van der Waals surface area contributed by atoms with Crippen LogP contribution < -0.4 is 10.8 Å². The summed E-state index contributed by atoms with van der Waals surface area (Å²) in [5.41, 5.74) is 2.65. The Labute approximate surface area is 131 Å². The van der Waals surface area contributed by atoms with Crippen molar-refractivity contribution in [2.24, 2.45) is 0 Å². The van der Waals surface area contributed by atoms with E-state index in [-0.39, 0.29) is 19.8 Å². The quantitative estimate of drug-likeness (QED) is 0.331. The van der Waals surface area contributed by atoms with Gasteiger partial charge >= 0.3 is 0 Å². The molecule has 0 aliphatic carbocycles. The summed E-state index contributed by atoms with van der Waals surface area (Å²) < 4.78 is 0. The van der Waals surface area contributed by atoms with Gasteiger partial charge in [-0.05, 0) is 31.7 Å². The molecule has 4 N–H and O–H groups in total. The van der Waals surface area contributed by atoms with Crippen molar-refractivity contribution < 1.29 is 19.9 Å². The van der Waals surface area contributed by atoms with Crippen molar-refractivity contribution in [3.8, 4) is 0 Å². The number of hydroxylamine groups is 1. The van der Waals surface area contributed by atoms with Gasteiger partial charge in [0.2, 0.25) is 5.91 Å². The van der Waals surface area contributed by atoms with Crippen molar-refractivity contribution in [1.29, 1.82) is 0 Å². The molecule has 124 valence electrons. The number of carbonyl (C=O) groups is 2. The van der Waals surface area contributed by atoms with E-state index in [2.05, 4.69) is 5.32 Å². The highest BCUT2D eigenvalue weighted by molar-refractivity contribution is 5.87. The SMILES string of the molecule is C.C[C@@H](O)[C@H](NC(=O)CCCCc1ccccc1)C(=O)NO. The van der Waals surface area contributed by atoms with E-state index in [1.807, 2.05) is 30.3 Å². The van der Waals surface area contributed by atoms with Crippen molar-refractivity contribution in [2.45, 2.75) is 52.2 Å². The van der Waals surface area contributed by atoms with Crippen LogP contribution in [0.1, 0.15) is 39.2 Å². The standard InChI is InChI=1S/C15H22N2O4.CH4/c1-11(18)14(15(20)17-21)16-13(19)10-6-5-9-12-7-3-2-4-8-12;/h2-4,7-8,11,14,18,21H,5-6,9-10H2,1H3,(H,16,19)(H,17,20);1H4/t11-,14+;/m1./s1. The number of nitrogens with one attached hydrogen (secondary N) is 2. The van der Waals surface area contributed by atoms with E-state index in [0.29, 0.717) is 6.42 Å². The van der Waals surface area contributed by atoms with Gasteiger partial charge in [-0.15, -0.1) is 0 Å². The van der Waals surface area contributed by atoms with E-state index in [4.69, 9.17) is 5.21 Å². The molecule has 6 nitrogen and oxygen atoms in total. The maximum Gasteiger partial charge on any atom is 0.268 e. The van der Waals surface area contributed by atoms with Gasteiger partial charge in [0.05, 0.1) is 6.10 Å². The molecule has 0 fully saturated rings. The van der Waals surface area contributed by atoms with Crippen LogP contribution in [0.4, 0.5) is 0 Å². The maximum absolute atomic E-state index is 11.7. The molecule has 0 aromatic heterocycles. The van der Waals surface area contributed by atoms with Crippen LogP contribution in [-0.4, -0.2) is 34.3 Å². The van der Waals surface area contributed by atoms with Gasteiger partial charge in [-0.1, -0.05) is 37.8 Å². The van der Waals surface area contributed by atoms with Crippen LogP contribution in [0.15, 0.2) is 30.3 Å². The Morgan fingerprint density at radius 3 is 2.36 bits per heavy atom. The summed E-state index contributed by atoms with van der Waals surface area (Å²) in [6.45, 7) is 1.37. The molecule has 0 heterocycles. The number of carbonyl (C=O) groups excluding carboxylic acids is 2. The Bertz CT molecular complexity index is 449. The van der Waals surface area contributed by atoms with Gasteiger partial charge in [0.25, 0.3) is 5.91 Å². The third-order valence-corrected chi connectivity index (χ3v) is 3.15. The first-order valence-corrected chi connectivity index (χ1v) is 7.00. The zero-order valence-corrected chi connectivity index (χ0v) is 12.1. The molecule has 22 heavy (non-hydrogen) atoms. The molecular weight excluding hydrogens is 284 g/mol. The topological polar surface area (TPSA) is 98.7 Å². The summed E-state index contributed by atoms with van der Waals surface area (Å²) in [5, 5.41) is 20.3. The summed E-state index contributed by atoms with van der Waals surface area (Å²) in [6.07, 6.45) is 1.64. The summed E-state index contributed by atoms with van der Waals surface area (Å²) in [7, 11) is 0. The third kappa shape index (κ3) is 7.19. The van der Waals surface area contributed by atoms with Crippen LogP contribution >= 0.6 is 0 Å². The van der Waals surface area contributed by atoms with E-state index < -0.39 is 18.1 Å². The number of unbranched alkanes of at least 4 members (excludes halogenated alkanes) is 1. The average molecular weight is 310 g/mol. The minimum atomic E-state index is -1.14. The second kappa shape index (κ2) is 10.8. The van der Waals surface area contributed by atoms with Crippen molar-refractivity contribution in [3.63, 3.8) is 0 Å². The number of aliphatic hydroxyl groups excluding tert-OH is 1. The first kappa shape index (κ1) is 20.1.